The Bertz CT molecular complexity index is 413. The minimum Gasteiger partial charge on any atom is -0.284 e. The van der Waals surface area contributed by atoms with Crippen molar-refractivity contribution in [3.05, 3.63) is 17.5 Å². The standard InChI is InChI=1S/C12H17N3O/c1-4-9-7-13-12(14-8(9)2)15(3)11(16)10-5-6-10/h7,10H,4-6H2,1-3H3. The number of carbonyl (C=O) groups is 1. The lowest BCUT2D eigenvalue weighted by atomic mass is 10.2. The fraction of sp³-hybridized carbons (Fsp3) is 0.583. The SMILES string of the molecule is CCc1cnc(N(C)C(=O)C2CC2)nc1C. The maximum atomic E-state index is 11.8. The molecular formula is C12H17N3O. The Hall–Kier alpha value is -1.45. The number of nitrogens with zero attached hydrogens (tertiary/aromatic N) is 3. The molecule has 1 aromatic rings. The minimum atomic E-state index is 0.142. The Morgan fingerprint density at radius 3 is 2.75 bits per heavy atom. The van der Waals surface area contributed by atoms with Gasteiger partial charge in [-0.2, -0.15) is 0 Å². The van der Waals surface area contributed by atoms with Crippen LogP contribution in [0.4, 0.5) is 5.95 Å². The first-order valence-corrected chi connectivity index (χ1v) is 5.73. The summed E-state index contributed by atoms with van der Waals surface area (Å²) in [6.45, 7) is 4.03. The van der Waals surface area contributed by atoms with Crippen LogP contribution in [-0.4, -0.2) is 22.9 Å². The van der Waals surface area contributed by atoms with Gasteiger partial charge in [0.2, 0.25) is 11.9 Å². The molecule has 16 heavy (non-hydrogen) atoms. The summed E-state index contributed by atoms with van der Waals surface area (Å²) in [5.41, 5.74) is 2.10. The molecule has 2 rings (SSSR count). The van der Waals surface area contributed by atoms with Crippen LogP contribution >= 0.6 is 0 Å². The maximum Gasteiger partial charge on any atom is 0.232 e. The van der Waals surface area contributed by atoms with E-state index in [1.807, 2.05) is 13.1 Å². The van der Waals surface area contributed by atoms with Gasteiger partial charge in [-0.1, -0.05) is 6.92 Å². The number of aromatic nitrogens is 2. The number of anilines is 1. The minimum absolute atomic E-state index is 0.142. The van der Waals surface area contributed by atoms with Crippen molar-refractivity contribution in [3.63, 3.8) is 0 Å². The zero-order valence-corrected chi connectivity index (χ0v) is 10.0. The molecule has 0 radical (unpaired) electrons. The predicted molar refractivity (Wildman–Crippen MR) is 62.3 cm³/mol. The lowest BCUT2D eigenvalue weighted by Crippen LogP contribution is -2.29. The molecule has 0 aromatic carbocycles. The van der Waals surface area contributed by atoms with Gasteiger partial charge in [-0.3, -0.25) is 9.69 Å². The monoisotopic (exact) mass is 219 g/mol. The third kappa shape index (κ3) is 2.05. The van der Waals surface area contributed by atoms with Crippen molar-refractivity contribution in [2.75, 3.05) is 11.9 Å². The number of hydrogen-bond acceptors (Lipinski definition) is 3. The summed E-state index contributed by atoms with van der Waals surface area (Å²) >= 11 is 0. The van der Waals surface area contributed by atoms with Crippen LogP contribution in [0.3, 0.4) is 0 Å². The van der Waals surface area contributed by atoms with Crippen LogP contribution in [0.2, 0.25) is 0 Å². The molecule has 0 spiro atoms. The highest BCUT2D eigenvalue weighted by Gasteiger charge is 2.33. The third-order valence-corrected chi connectivity index (χ3v) is 3.01. The van der Waals surface area contributed by atoms with Gasteiger partial charge in [-0.15, -0.1) is 0 Å². The average Bonchev–Trinajstić information content (AvgIpc) is 3.11. The van der Waals surface area contributed by atoms with Crippen molar-refractivity contribution in [2.45, 2.75) is 33.1 Å². The third-order valence-electron chi connectivity index (χ3n) is 3.01. The second-order valence-corrected chi connectivity index (χ2v) is 4.31. The molecule has 0 atom stereocenters. The van der Waals surface area contributed by atoms with E-state index in [1.165, 1.54) is 0 Å². The van der Waals surface area contributed by atoms with Gasteiger partial charge >= 0.3 is 0 Å². The molecule has 0 saturated heterocycles. The molecule has 1 amide bonds. The van der Waals surface area contributed by atoms with Gasteiger partial charge in [0, 0.05) is 24.9 Å². The fourth-order valence-electron chi connectivity index (χ4n) is 1.69. The van der Waals surface area contributed by atoms with Gasteiger partial charge in [0.1, 0.15) is 0 Å². The maximum absolute atomic E-state index is 11.8. The Morgan fingerprint density at radius 1 is 1.56 bits per heavy atom. The van der Waals surface area contributed by atoms with Crippen molar-refractivity contribution in [2.24, 2.45) is 5.92 Å². The predicted octanol–water partition coefficient (Wildman–Crippen LogP) is 1.72. The van der Waals surface area contributed by atoms with Crippen molar-refractivity contribution < 1.29 is 4.79 Å². The average molecular weight is 219 g/mol. The Balaban J connectivity index is 2.19. The lowest BCUT2D eigenvalue weighted by molar-refractivity contribution is -0.119. The topological polar surface area (TPSA) is 46.1 Å². The number of rotatable bonds is 3. The highest BCUT2D eigenvalue weighted by atomic mass is 16.2. The normalized spacial score (nSPS) is 14.9. The molecule has 0 N–H and O–H groups in total. The molecule has 4 nitrogen and oxygen atoms in total. The number of aryl methyl sites for hydroxylation is 2. The summed E-state index contributed by atoms with van der Waals surface area (Å²) in [6.07, 6.45) is 4.76. The van der Waals surface area contributed by atoms with Gasteiger partial charge in [-0.05, 0) is 31.7 Å². The van der Waals surface area contributed by atoms with E-state index in [-0.39, 0.29) is 11.8 Å². The molecule has 1 heterocycles. The number of amides is 1. The van der Waals surface area contributed by atoms with E-state index in [0.717, 1.165) is 30.5 Å². The summed E-state index contributed by atoms with van der Waals surface area (Å²) in [4.78, 5) is 22.0. The molecule has 1 aromatic heterocycles. The molecule has 1 fully saturated rings. The second-order valence-electron chi connectivity index (χ2n) is 4.31. The van der Waals surface area contributed by atoms with Crippen molar-refractivity contribution in [1.82, 2.24) is 9.97 Å². The Labute approximate surface area is 95.7 Å². The zero-order valence-electron chi connectivity index (χ0n) is 10.0. The van der Waals surface area contributed by atoms with Gasteiger partial charge in [-0.25, -0.2) is 9.97 Å². The molecule has 1 saturated carbocycles. The van der Waals surface area contributed by atoms with E-state index >= 15 is 0 Å². The lowest BCUT2D eigenvalue weighted by Gasteiger charge is -2.15. The first-order chi connectivity index (χ1) is 7.63. The summed E-state index contributed by atoms with van der Waals surface area (Å²) in [7, 11) is 1.75. The van der Waals surface area contributed by atoms with Gasteiger partial charge in [0.15, 0.2) is 0 Å². The van der Waals surface area contributed by atoms with Crippen LogP contribution < -0.4 is 4.90 Å². The van der Waals surface area contributed by atoms with Crippen LogP contribution in [0.25, 0.3) is 0 Å². The van der Waals surface area contributed by atoms with E-state index < -0.39 is 0 Å². The summed E-state index contributed by atoms with van der Waals surface area (Å²) in [5, 5.41) is 0. The smallest absolute Gasteiger partial charge is 0.232 e. The molecular weight excluding hydrogens is 202 g/mol. The molecule has 86 valence electrons. The van der Waals surface area contributed by atoms with Gasteiger partial charge in [0.05, 0.1) is 0 Å². The van der Waals surface area contributed by atoms with Gasteiger partial charge in [0.25, 0.3) is 0 Å². The molecule has 0 aliphatic heterocycles. The molecule has 4 heteroatoms. The van der Waals surface area contributed by atoms with Crippen molar-refractivity contribution in [3.8, 4) is 0 Å². The van der Waals surface area contributed by atoms with E-state index in [1.54, 1.807) is 11.9 Å². The van der Waals surface area contributed by atoms with Crippen LogP contribution in [0.15, 0.2) is 6.20 Å². The van der Waals surface area contributed by atoms with Crippen LogP contribution in [0.5, 0.6) is 0 Å². The first kappa shape index (κ1) is 11.0. The van der Waals surface area contributed by atoms with Crippen LogP contribution in [0, 0.1) is 12.8 Å². The molecule has 0 bridgehead atoms. The van der Waals surface area contributed by atoms with E-state index in [2.05, 4.69) is 16.9 Å². The molecule has 1 aliphatic rings. The van der Waals surface area contributed by atoms with Crippen molar-refractivity contribution in [1.29, 1.82) is 0 Å². The van der Waals surface area contributed by atoms with E-state index in [9.17, 15) is 4.79 Å². The first-order valence-electron chi connectivity index (χ1n) is 5.73. The largest absolute Gasteiger partial charge is 0.284 e. The van der Waals surface area contributed by atoms with E-state index in [0.29, 0.717) is 5.95 Å². The summed E-state index contributed by atoms with van der Waals surface area (Å²) < 4.78 is 0. The quantitative estimate of drug-likeness (QED) is 0.777. The number of carbonyl (C=O) groups excluding carboxylic acids is 1. The summed E-state index contributed by atoms with van der Waals surface area (Å²) in [5.74, 6) is 0.870. The van der Waals surface area contributed by atoms with E-state index in [4.69, 9.17) is 0 Å². The molecule has 0 unspecified atom stereocenters. The molecule has 1 aliphatic carbocycles. The number of hydrogen-bond donors (Lipinski definition) is 0. The highest BCUT2D eigenvalue weighted by molar-refractivity contribution is 5.94. The van der Waals surface area contributed by atoms with Crippen LogP contribution in [0.1, 0.15) is 31.0 Å². The Kier molecular flexibility index (Phi) is 2.90. The van der Waals surface area contributed by atoms with Gasteiger partial charge < -0.3 is 0 Å². The fourth-order valence-corrected chi connectivity index (χ4v) is 1.69. The Morgan fingerprint density at radius 2 is 2.25 bits per heavy atom. The van der Waals surface area contributed by atoms with Crippen LogP contribution in [-0.2, 0) is 11.2 Å². The summed E-state index contributed by atoms with van der Waals surface area (Å²) in [6, 6.07) is 0. The highest BCUT2D eigenvalue weighted by Crippen LogP contribution is 2.31. The second kappa shape index (κ2) is 4.20. The zero-order chi connectivity index (χ0) is 11.7. The van der Waals surface area contributed by atoms with Crippen molar-refractivity contribution >= 4 is 11.9 Å².